The molecule has 0 aliphatic heterocycles. The van der Waals surface area contributed by atoms with Crippen LogP contribution in [-0.4, -0.2) is 23.1 Å². The lowest BCUT2D eigenvalue weighted by molar-refractivity contribution is 0.0262. The standard InChI is InChI=1S/C21H32O4/c1-4-17(13-9-7-5-6-8-12-16(2)3)25-21(24)19-15-11-10-14-18(19)20(22)23/h10-11,14-17H,4-9,12-13H2,1-3H3,(H,22,23). The first-order valence-electron chi connectivity index (χ1n) is 9.49. The van der Waals surface area contributed by atoms with Gasteiger partial charge < -0.3 is 9.84 Å². The average Bonchev–Trinajstić information content (AvgIpc) is 2.59. The summed E-state index contributed by atoms with van der Waals surface area (Å²) in [5, 5.41) is 9.18. The van der Waals surface area contributed by atoms with Crippen molar-refractivity contribution in [2.45, 2.75) is 78.2 Å². The second-order valence-electron chi connectivity index (χ2n) is 7.03. The van der Waals surface area contributed by atoms with Gasteiger partial charge in [0.25, 0.3) is 0 Å². The minimum absolute atomic E-state index is 0.00694. The van der Waals surface area contributed by atoms with Gasteiger partial charge in [-0.1, -0.05) is 65.0 Å². The van der Waals surface area contributed by atoms with Crippen LogP contribution in [0, 0.1) is 5.92 Å². The van der Waals surface area contributed by atoms with Gasteiger partial charge in [-0.05, 0) is 37.3 Å². The highest BCUT2D eigenvalue weighted by molar-refractivity contribution is 6.02. The van der Waals surface area contributed by atoms with Crippen molar-refractivity contribution in [3.8, 4) is 0 Å². The summed E-state index contributed by atoms with van der Waals surface area (Å²) in [6.07, 6.45) is 8.68. The maximum Gasteiger partial charge on any atom is 0.339 e. The van der Waals surface area contributed by atoms with Crippen LogP contribution in [0.3, 0.4) is 0 Å². The Morgan fingerprint density at radius 1 is 0.960 bits per heavy atom. The number of carbonyl (C=O) groups is 2. The third kappa shape index (κ3) is 8.19. The summed E-state index contributed by atoms with van der Waals surface area (Å²) in [5.41, 5.74) is 0.120. The molecule has 4 heteroatoms. The number of ether oxygens (including phenoxy) is 1. The molecule has 0 fully saturated rings. The van der Waals surface area contributed by atoms with Gasteiger partial charge in [0.15, 0.2) is 0 Å². The van der Waals surface area contributed by atoms with Crippen LogP contribution < -0.4 is 0 Å². The van der Waals surface area contributed by atoms with Crippen molar-refractivity contribution >= 4 is 11.9 Å². The Morgan fingerprint density at radius 2 is 1.52 bits per heavy atom. The molecule has 0 saturated heterocycles. The van der Waals surface area contributed by atoms with Crippen LogP contribution in [0.25, 0.3) is 0 Å². The smallest absolute Gasteiger partial charge is 0.339 e. The van der Waals surface area contributed by atoms with Crippen molar-refractivity contribution in [3.05, 3.63) is 35.4 Å². The second-order valence-corrected chi connectivity index (χ2v) is 7.03. The van der Waals surface area contributed by atoms with Crippen LogP contribution in [0.2, 0.25) is 0 Å². The normalized spacial score (nSPS) is 12.2. The highest BCUT2D eigenvalue weighted by Gasteiger charge is 2.20. The van der Waals surface area contributed by atoms with Crippen molar-refractivity contribution in [1.82, 2.24) is 0 Å². The molecule has 0 heterocycles. The molecule has 0 saturated carbocycles. The summed E-state index contributed by atoms with van der Waals surface area (Å²) in [6.45, 7) is 6.50. The van der Waals surface area contributed by atoms with E-state index >= 15 is 0 Å². The summed E-state index contributed by atoms with van der Waals surface area (Å²) in [6, 6.07) is 6.20. The van der Waals surface area contributed by atoms with Crippen molar-refractivity contribution in [2.24, 2.45) is 5.92 Å². The van der Waals surface area contributed by atoms with Crippen LogP contribution in [0.1, 0.15) is 92.9 Å². The Hall–Kier alpha value is -1.84. The fraction of sp³-hybridized carbons (Fsp3) is 0.619. The first-order valence-corrected chi connectivity index (χ1v) is 9.49. The van der Waals surface area contributed by atoms with E-state index in [1.165, 1.54) is 37.8 Å². The maximum absolute atomic E-state index is 12.3. The lowest BCUT2D eigenvalue weighted by Crippen LogP contribution is -2.19. The van der Waals surface area contributed by atoms with E-state index in [9.17, 15) is 14.7 Å². The largest absolute Gasteiger partial charge is 0.478 e. The van der Waals surface area contributed by atoms with E-state index in [1.54, 1.807) is 12.1 Å². The molecule has 1 aromatic rings. The van der Waals surface area contributed by atoms with Gasteiger partial charge in [-0.25, -0.2) is 9.59 Å². The summed E-state index contributed by atoms with van der Waals surface area (Å²) >= 11 is 0. The molecule has 1 atom stereocenters. The molecule has 0 aromatic heterocycles. The molecule has 25 heavy (non-hydrogen) atoms. The predicted octanol–water partition coefficient (Wildman–Crippen LogP) is 5.71. The van der Waals surface area contributed by atoms with E-state index in [0.717, 1.165) is 31.6 Å². The van der Waals surface area contributed by atoms with Crippen molar-refractivity contribution in [2.75, 3.05) is 0 Å². The number of carboxylic acid groups (broad SMARTS) is 1. The van der Waals surface area contributed by atoms with Gasteiger partial charge in [0.2, 0.25) is 0 Å². The predicted molar refractivity (Wildman–Crippen MR) is 100 cm³/mol. The van der Waals surface area contributed by atoms with Gasteiger partial charge in [0.05, 0.1) is 11.1 Å². The summed E-state index contributed by atoms with van der Waals surface area (Å²) in [7, 11) is 0. The van der Waals surface area contributed by atoms with Gasteiger partial charge in [0.1, 0.15) is 6.10 Å². The first-order chi connectivity index (χ1) is 12.0. The molecule has 1 unspecified atom stereocenters. The molecule has 1 rings (SSSR count). The van der Waals surface area contributed by atoms with E-state index in [2.05, 4.69) is 13.8 Å². The lowest BCUT2D eigenvalue weighted by Gasteiger charge is -2.17. The van der Waals surface area contributed by atoms with E-state index in [-0.39, 0.29) is 17.2 Å². The number of unbranched alkanes of at least 4 members (excludes halogenated alkanes) is 4. The average molecular weight is 348 g/mol. The number of carbonyl (C=O) groups excluding carboxylic acids is 1. The third-order valence-electron chi connectivity index (χ3n) is 4.41. The van der Waals surface area contributed by atoms with Crippen LogP contribution in [0.5, 0.6) is 0 Å². The van der Waals surface area contributed by atoms with Crippen LogP contribution >= 0.6 is 0 Å². The SMILES string of the molecule is CCC(CCCCCCCC(C)C)OC(=O)c1ccccc1C(=O)O. The molecule has 1 N–H and O–H groups in total. The Morgan fingerprint density at radius 3 is 2.08 bits per heavy atom. The lowest BCUT2D eigenvalue weighted by atomic mass is 10.0. The number of carboxylic acids is 1. The van der Waals surface area contributed by atoms with Crippen LogP contribution in [0.15, 0.2) is 24.3 Å². The monoisotopic (exact) mass is 348 g/mol. The fourth-order valence-electron chi connectivity index (χ4n) is 2.86. The Kier molecular flexibility index (Phi) is 9.90. The number of esters is 1. The van der Waals surface area contributed by atoms with Crippen molar-refractivity contribution in [1.29, 1.82) is 0 Å². The number of rotatable bonds is 12. The number of aromatic carboxylic acids is 1. The Bertz CT molecular complexity index is 536. The van der Waals surface area contributed by atoms with E-state index < -0.39 is 11.9 Å². The molecule has 0 aliphatic carbocycles. The molecule has 140 valence electrons. The van der Waals surface area contributed by atoms with E-state index in [4.69, 9.17) is 4.74 Å². The fourth-order valence-corrected chi connectivity index (χ4v) is 2.86. The quantitative estimate of drug-likeness (QED) is 0.388. The van der Waals surface area contributed by atoms with Crippen molar-refractivity contribution < 1.29 is 19.4 Å². The van der Waals surface area contributed by atoms with E-state index in [1.807, 2.05) is 6.92 Å². The zero-order valence-corrected chi connectivity index (χ0v) is 15.8. The maximum atomic E-state index is 12.3. The van der Waals surface area contributed by atoms with Gasteiger partial charge in [-0.15, -0.1) is 0 Å². The number of hydrogen-bond donors (Lipinski definition) is 1. The topological polar surface area (TPSA) is 63.6 Å². The van der Waals surface area contributed by atoms with Crippen molar-refractivity contribution in [3.63, 3.8) is 0 Å². The highest BCUT2D eigenvalue weighted by Crippen LogP contribution is 2.17. The van der Waals surface area contributed by atoms with Gasteiger partial charge >= 0.3 is 11.9 Å². The highest BCUT2D eigenvalue weighted by atomic mass is 16.5. The Labute approximate surface area is 151 Å². The third-order valence-corrected chi connectivity index (χ3v) is 4.41. The molecule has 0 aliphatic rings. The molecule has 0 radical (unpaired) electrons. The molecular formula is C21H32O4. The minimum atomic E-state index is -1.11. The Balaban J connectivity index is 2.38. The first kappa shape index (κ1) is 21.2. The molecule has 1 aromatic carbocycles. The second kappa shape index (κ2) is 11.7. The van der Waals surface area contributed by atoms with Crippen LogP contribution in [0.4, 0.5) is 0 Å². The van der Waals surface area contributed by atoms with Crippen LogP contribution in [-0.2, 0) is 4.74 Å². The molecule has 4 nitrogen and oxygen atoms in total. The number of benzene rings is 1. The van der Waals surface area contributed by atoms with Gasteiger partial charge in [0, 0.05) is 0 Å². The molecule has 0 amide bonds. The summed E-state index contributed by atoms with van der Waals surface area (Å²) in [4.78, 5) is 23.5. The minimum Gasteiger partial charge on any atom is -0.478 e. The summed E-state index contributed by atoms with van der Waals surface area (Å²) < 4.78 is 5.53. The van der Waals surface area contributed by atoms with Gasteiger partial charge in [-0.2, -0.15) is 0 Å². The molecular weight excluding hydrogens is 316 g/mol. The van der Waals surface area contributed by atoms with Gasteiger partial charge in [-0.3, -0.25) is 0 Å². The zero-order chi connectivity index (χ0) is 18.7. The molecule has 0 bridgehead atoms. The van der Waals surface area contributed by atoms with E-state index in [0.29, 0.717) is 0 Å². The zero-order valence-electron chi connectivity index (χ0n) is 15.8. The summed E-state index contributed by atoms with van der Waals surface area (Å²) in [5.74, 6) is -0.874. The number of hydrogen-bond acceptors (Lipinski definition) is 3. The molecule has 0 spiro atoms.